The number of rotatable bonds is 6. The summed E-state index contributed by atoms with van der Waals surface area (Å²) < 4.78 is 10.2. The van der Waals surface area contributed by atoms with Gasteiger partial charge in [0.05, 0.1) is 13.2 Å². The molecule has 1 fully saturated rings. The molecule has 1 heterocycles. The Kier molecular flexibility index (Phi) is 6.07. The predicted molar refractivity (Wildman–Crippen MR) is 61.8 cm³/mol. The number of primary amides is 1. The van der Waals surface area contributed by atoms with E-state index in [1.807, 2.05) is 0 Å². The molecule has 1 rings (SSSR count). The van der Waals surface area contributed by atoms with Gasteiger partial charge >= 0.3 is 0 Å². The number of carbonyl (C=O) groups excluding carboxylic acids is 1. The molecule has 0 saturated carbocycles. The van der Waals surface area contributed by atoms with Crippen molar-refractivity contribution in [2.24, 2.45) is 5.73 Å². The zero-order chi connectivity index (χ0) is 14.6. The lowest BCUT2D eigenvalue weighted by Crippen LogP contribution is -2.59. The van der Waals surface area contributed by atoms with Crippen molar-refractivity contribution in [1.29, 1.82) is 0 Å². The van der Waals surface area contributed by atoms with Crippen LogP contribution in [0.3, 0.4) is 0 Å². The molecule has 0 aliphatic carbocycles. The first-order valence-electron chi connectivity index (χ1n) is 5.81. The third-order valence-electron chi connectivity index (χ3n) is 2.97. The molecule has 1 aliphatic heterocycles. The van der Waals surface area contributed by atoms with Crippen LogP contribution in [0.15, 0.2) is 0 Å². The molecule has 1 saturated heterocycles. The van der Waals surface area contributed by atoms with Gasteiger partial charge < -0.3 is 41.0 Å². The molecule has 6 atom stereocenters. The van der Waals surface area contributed by atoms with Crippen LogP contribution in [0.5, 0.6) is 0 Å². The molecule has 19 heavy (non-hydrogen) atoms. The van der Waals surface area contributed by atoms with Crippen LogP contribution in [0.25, 0.3) is 0 Å². The van der Waals surface area contributed by atoms with Crippen molar-refractivity contribution in [3.05, 3.63) is 0 Å². The predicted octanol–water partition coefficient (Wildman–Crippen LogP) is -4.12. The quantitative estimate of drug-likeness (QED) is 0.287. The first kappa shape index (κ1) is 16.2. The molecule has 0 aromatic carbocycles. The standard InChI is InChI=1S/C10H20N2O7/c1-12-4(9(11)17)3-18-10-8(16)7(15)6(14)5(2-13)19-10/h4-8,10,12-16H,2-3H2,1H3,(H2,11,17)/t4-,5?,6?,7?,8?,10?/m0/s1. The minimum absolute atomic E-state index is 0.186. The van der Waals surface area contributed by atoms with E-state index in [-0.39, 0.29) is 6.61 Å². The van der Waals surface area contributed by atoms with Crippen LogP contribution in [0.4, 0.5) is 0 Å². The summed E-state index contributed by atoms with van der Waals surface area (Å²) in [5.41, 5.74) is 5.09. The number of nitrogens with two attached hydrogens (primary N) is 1. The Morgan fingerprint density at radius 1 is 1.37 bits per heavy atom. The molecule has 1 amide bonds. The number of ether oxygens (including phenoxy) is 2. The fraction of sp³-hybridized carbons (Fsp3) is 0.900. The van der Waals surface area contributed by atoms with Gasteiger partial charge in [-0.2, -0.15) is 0 Å². The van der Waals surface area contributed by atoms with Crippen LogP contribution in [0, 0.1) is 0 Å². The molecule has 0 radical (unpaired) electrons. The van der Waals surface area contributed by atoms with Crippen LogP contribution in [0.1, 0.15) is 0 Å². The highest BCUT2D eigenvalue weighted by Crippen LogP contribution is 2.21. The third kappa shape index (κ3) is 3.83. The molecule has 9 heteroatoms. The number of hydrogen-bond acceptors (Lipinski definition) is 8. The van der Waals surface area contributed by atoms with Gasteiger partial charge in [0, 0.05) is 0 Å². The van der Waals surface area contributed by atoms with Gasteiger partial charge in [0.2, 0.25) is 5.91 Å². The average Bonchev–Trinajstić information content (AvgIpc) is 2.38. The highest BCUT2D eigenvalue weighted by Gasteiger charge is 2.44. The van der Waals surface area contributed by atoms with E-state index in [2.05, 4.69) is 5.32 Å². The van der Waals surface area contributed by atoms with Crippen molar-refractivity contribution in [3.8, 4) is 0 Å². The summed E-state index contributed by atoms with van der Waals surface area (Å²) in [6, 6.07) is -0.785. The average molecular weight is 280 g/mol. The van der Waals surface area contributed by atoms with E-state index in [1.54, 1.807) is 0 Å². The molecule has 0 aromatic heterocycles. The molecule has 5 unspecified atom stereocenters. The maximum atomic E-state index is 11.0. The van der Waals surface area contributed by atoms with Crippen molar-refractivity contribution in [1.82, 2.24) is 5.32 Å². The van der Waals surface area contributed by atoms with E-state index >= 15 is 0 Å². The highest BCUT2D eigenvalue weighted by atomic mass is 16.7. The molecule has 1 aliphatic rings. The van der Waals surface area contributed by atoms with Crippen LogP contribution >= 0.6 is 0 Å². The van der Waals surface area contributed by atoms with Crippen molar-refractivity contribution < 1.29 is 34.7 Å². The van der Waals surface area contributed by atoms with E-state index in [9.17, 15) is 20.1 Å². The minimum atomic E-state index is -1.52. The Bertz CT molecular complexity index is 302. The lowest BCUT2D eigenvalue weighted by Gasteiger charge is -2.39. The second-order valence-corrected chi connectivity index (χ2v) is 4.27. The number of nitrogens with one attached hydrogen (secondary N) is 1. The summed E-state index contributed by atoms with van der Waals surface area (Å²) in [4.78, 5) is 11.0. The van der Waals surface area contributed by atoms with Crippen LogP contribution < -0.4 is 11.1 Å². The van der Waals surface area contributed by atoms with E-state index in [4.69, 9.17) is 20.3 Å². The molecular formula is C10H20N2O7. The van der Waals surface area contributed by atoms with Crippen molar-refractivity contribution in [3.63, 3.8) is 0 Å². The lowest BCUT2D eigenvalue weighted by atomic mass is 9.99. The van der Waals surface area contributed by atoms with Gasteiger partial charge in [-0.15, -0.1) is 0 Å². The van der Waals surface area contributed by atoms with Gasteiger partial charge in [-0.25, -0.2) is 0 Å². The molecule has 7 N–H and O–H groups in total. The van der Waals surface area contributed by atoms with Gasteiger partial charge in [-0.3, -0.25) is 4.79 Å². The number of amides is 1. The number of hydrogen-bond donors (Lipinski definition) is 6. The van der Waals surface area contributed by atoms with Crippen molar-refractivity contribution >= 4 is 5.91 Å². The zero-order valence-electron chi connectivity index (χ0n) is 10.5. The first-order valence-corrected chi connectivity index (χ1v) is 5.81. The highest BCUT2D eigenvalue weighted by molar-refractivity contribution is 5.79. The number of likely N-dealkylation sites (N-methyl/N-ethyl adjacent to an activating group) is 1. The zero-order valence-corrected chi connectivity index (χ0v) is 10.5. The summed E-state index contributed by atoms with van der Waals surface area (Å²) in [5, 5.41) is 40.3. The largest absolute Gasteiger partial charge is 0.394 e. The number of carbonyl (C=O) groups is 1. The second-order valence-electron chi connectivity index (χ2n) is 4.27. The fourth-order valence-electron chi connectivity index (χ4n) is 1.70. The lowest BCUT2D eigenvalue weighted by molar-refractivity contribution is -0.301. The summed E-state index contributed by atoms with van der Waals surface area (Å²) in [5.74, 6) is -0.646. The Labute approximate surface area is 109 Å². The summed E-state index contributed by atoms with van der Waals surface area (Å²) >= 11 is 0. The van der Waals surface area contributed by atoms with Crippen LogP contribution in [0.2, 0.25) is 0 Å². The van der Waals surface area contributed by atoms with E-state index in [0.29, 0.717) is 0 Å². The minimum Gasteiger partial charge on any atom is -0.394 e. The van der Waals surface area contributed by atoms with E-state index in [0.717, 1.165) is 0 Å². The SMILES string of the molecule is CN[C@@H](COC1OC(CO)C(O)C(O)C1O)C(N)=O. The summed E-state index contributed by atoms with van der Waals surface area (Å²) in [6.45, 7) is -0.732. The van der Waals surface area contributed by atoms with Gasteiger partial charge in [0.1, 0.15) is 30.5 Å². The Hall–Kier alpha value is -0.810. The van der Waals surface area contributed by atoms with E-state index in [1.165, 1.54) is 7.05 Å². The Morgan fingerprint density at radius 3 is 2.47 bits per heavy atom. The maximum Gasteiger partial charge on any atom is 0.236 e. The second kappa shape index (κ2) is 7.10. The van der Waals surface area contributed by atoms with Gasteiger partial charge in [0.25, 0.3) is 0 Å². The van der Waals surface area contributed by atoms with Crippen LogP contribution in [-0.4, -0.2) is 83.3 Å². The van der Waals surface area contributed by atoms with E-state index < -0.39 is 49.3 Å². The molecule has 0 spiro atoms. The van der Waals surface area contributed by atoms with Crippen molar-refractivity contribution in [2.75, 3.05) is 20.3 Å². The first-order chi connectivity index (χ1) is 8.92. The normalized spacial score (nSPS) is 37.0. The maximum absolute atomic E-state index is 11.0. The monoisotopic (exact) mass is 280 g/mol. The fourth-order valence-corrected chi connectivity index (χ4v) is 1.70. The van der Waals surface area contributed by atoms with Gasteiger partial charge in [-0.1, -0.05) is 0 Å². The number of aliphatic hydroxyl groups is 4. The Balaban J connectivity index is 2.59. The molecule has 112 valence electrons. The third-order valence-corrected chi connectivity index (χ3v) is 2.97. The summed E-state index contributed by atoms with van der Waals surface area (Å²) in [6.07, 6.45) is -6.78. The molecular weight excluding hydrogens is 260 g/mol. The molecule has 9 nitrogen and oxygen atoms in total. The molecule has 0 bridgehead atoms. The Morgan fingerprint density at radius 2 is 2.00 bits per heavy atom. The summed E-state index contributed by atoms with van der Waals surface area (Å²) in [7, 11) is 1.51. The van der Waals surface area contributed by atoms with Crippen LogP contribution in [-0.2, 0) is 14.3 Å². The van der Waals surface area contributed by atoms with Gasteiger partial charge in [0.15, 0.2) is 6.29 Å². The number of aliphatic hydroxyl groups excluding tert-OH is 4. The molecule has 0 aromatic rings. The van der Waals surface area contributed by atoms with Crippen molar-refractivity contribution in [2.45, 2.75) is 36.7 Å². The topological polar surface area (TPSA) is 154 Å². The van der Waals surface area contributed by atoms with Gasteiger partial charge in [-0.05, 0) is 7.05 Å². The smallest absolute Gasteiger partial charge is 0.236 e.